The summed E-state index contributed by atoms with van der Waals surface area (Å²) >= 11 is 0. The highest BCUT2D eigenvalue weighted by Gasteiger charge is 2.14. The predicted molar refractivity (Wildman–Crippen MR) is 114 cm³/mol. The van der Waals surface area contributed by atoms with Crippen LogP contribution in [0.5, 0.6) is 5.75 Å². The third kappa shape index (κ3) is 6.91. The Labute approximate surface area is 170 Å². The highest BCUT2D eigenvalue weighted by molar-refractivity contribution is 5.90. The third-order valence-corrected chi connectivity index (χ3v) is 4.23. The Bertz CT molecular complexity index is 840. The molecule has 0 fully saturated rings. The lowest BCUT2D eigenvalue weighted by Gasteiger charge is -2.24. The molecule has 2 aromatic rings. The first-order chi connectivity index (χ1) is 14.0. The standard InChI is InChI=1S/C21H26N4O4/c1-3-5-13-24(4-2)20-12-11-18(25(27)28)14-17(20)15-22-23-21(26)16-29-19-9-7-6-8-10-19/h6-12,14-15H,3-5,13,16H2,1-2H3,(H,23,26)/b22-15+. The molecule has 154 valence electrons. The van der Waals surface area contributed by atoms with Gasteiger partial charge in [-0.2, -0.15) is 5.10 Å². The van der Waals surface area contributed by atoms with E-state index in [0.29, 0.717) is 11.3 Å². The van der Waals surface area contributed by atoms with Gasteiger partial charge in [-0.15, -0.1) is 0 Å². The smallest absolute Gasteiger partial charge is 0.277 e. The number of rotatable bonds is 11. The van der Waals surface area contributed by atoms with Gasteiger partial charge in [-0.3, -0.25) is 14.9 Å². The zero-order valence-electron chi connectivity index (χ0n) is 16.7. The summed E-state index contributed by atoms with van der Waals surface area (Å²) in [6.45, 7) is 5.55. The Balaban J connectivity index is 2.08. The Morgan fingerprint density at radius 2 is 2.00 bits per heavy atom. The number of benzene rings is 2. The van der Waals surface area contributed by atoms with Gasteiger partial charge in [0.15, 0.2) is 6.61 Å². The molecule has 0 aliphatic rings. The highest BCUT2D eigenvalue weighted by atomic mass is 16.6. The highest BCUT2D eigenvalue weighted by Crippen LogP contribution is 2.24. The Kier molecular flexibility index (Phi) is 8.62. The van der Waals surface area contributed by atoms with E-state index >= 15 is 0 Å². The van der Waals surface area contributed by atoms with Gasteiger partial charge in [0, 0.05) is 36.5 Å². The fraction of sp³-hybridized carbons (Fsp3) is 0.333. The maximum atomic E-state index is 11.9. The number of non-ortho nitro benzene ring substituents is 1. The fourth-order valence-electron chi connectivity index (χ4n) is 2.72. The van der Waals surface area contributed by atoms with Crippen molar-refractivity contribution in [1.82, 2.24) is 5.43 Å². The van der Waals surface area contributed by atoms with Crippen LogP contribution in [-0.2, 0) is 4.79 Å². The number of nitrogens with zero attached hydrogens (tertiary/aromatic N) is 3. The summed E-state index contributed by atoms with van der Waals surface area (Å²) in [6, 6.07) is 13.6. The molecule has 0 aliphatic carbocycles. The second kappa shape index (κ2) is 11.4. The number of hydrogen-bond donors (Lipinski definition) is 1. The Hall–Kier alpha value is -3.42. The van der Waals surface area contributed by atoms with Crippen LogP contribution in [0.1, 0.15) is 32.3 Å². The van der Waals surface area contributed by atoms with Crippen molar-refractivity contribution in [2.75, 3.05) is 24.6 Å². The molecule has 1 N–H and O–H groups in total. The van der Waals surface area contributed by atoms with Crippen LogP contribution in [0.2, 0.25) is 0 Å². The molecule has 0 aromatic heterocycles. The summed E-state index contributed by atoms with van der Waals surface area (Å²) in [4.78, 5) is 24.8. The number of nitrogens with one attached hydrogen (secondary N) is 1. The number of nitro benzene ring substituents is 1. The fourth-order valence-corrected chi connectivity index (χ4v) is 2.72. The van der Waals surface area contributed by atoms with Crippen LogP contribution in [0.15, 0.2) is 53.6 Å². The van der Waals surface area contributed by atoms with E-state index in [1.165, 1.54) is 18.3 Å². The first-order valence-corrected chi connectivity index (χ1v) is 9.58. The van der Waals surface area contributed by atoms with Crippen molar-refractivity contribution in [3.8, 4) is 5.75 Å². The number of unbranched alkanes of at least 4 members (excludes halogenated alkanes) is 1. The van der Waals surface area contributed by atoms with Gasteiger partial charge in [-0.05, 0) is 31.5 Å². The maximum absolute atomic E-state index is 11.9. The van der Waals surface area contributed by atoms with E-state index in [1.807, 2.05) is 25.1 Å². The summed E-state index contributed by atoms with van der Waals surface area (Å²) < 4.78 is 5.36. The zero-order valence-corrected chi connectivity index (χ0v) is 16.7. The quantitative estimate of drug-likeness (QED) is 0.353. The third-order valence-electron chi connectivity index (χ3n) is 4.23. The van der Waals surface area contributed by atoms with Crippen molar-refractivity contribution in [1.29, 1.82) is 0 Å². The minimum absolute atomic E-state index is 0.0273. The molecule has 2 aromatic carbocycles. The number of hydrazone groups is 1. The molecule has 0 aliphatic heterocycles. The van der Waals surface area contributed by atoms with Crippen molar-refractivity contribution in [3.63, 3.8) is 0 Å². The number of ether oxygens (including phenoxy) is 1. The molecule has 2 rings (SSSR count). The number of hydrogen-bond acceptors (Lipinski definition) is 6. The monoisotopic (exact) mass is 398 g/mol. The first kappa shape index (κ1) is 21.9. The number of para-hydroxylation sites is 1. The van der Waals surface area contributed by atoms with Crippen LogP contribution in [0.3, 0.4) is 0 Å². The lowest BCUT2D eigenvalue weighted by Crippen LogP contribution is -2.26. The van der Waals surface area contributed by atoms with Gasteiger partial charge in [0.05, 0.1) is 11.1 Å². The maximum Gasteiger partial charge on any atom is 0.277 e. The number of carbonyl (C=O) groups is 1. The molecule has 0 saturated heterocycles. The number of anilines is 1. The molecule has 29 heavy (non-hydrogen) atoms. The molecular formula is C21H26N4O4. The van der Waals surface area contributed by atoms with Gasteiger partial charge in [0.2, 0.25) is 0 Å². The van der Waals surface area contributed by atoms with Gasteiger partial charge in [0.25, 0.3) is 11.6 Å². The van der Waals surface area contributed by atoms with Crippen molar-refractivity contribution in [3.05, 3.63) is 64.2 Å². The predicted octanol–water partition coefficient (Wildman–Crippen LogP) is 3.75. The van der Waals surface area contributed by atoms with Crippen LogP contribution >= 0.6 is 0 Å². The summed E-state index contributed by atoms with van der Waals surface area (Å²) in [5, 5.41) is 15.1. The second-order valence-electron chi connectivity index (χ2n) is 6.33. The summed E-state index contributed by atoms with van der Waals surface area (Å²) in [5.41, 5.74) is 3.78. The Morgan fingerprint density at radius 3 is 2.66 bits per heavy atom. The van der Waals surface area contributed by atoms with Crippen molar-refractivity contribution in [2.24, 2.45) is 5.10 Å². The normalized spacial score (nSPS) is 10.7. The van der Waals surface area contributed by atoms with Gasteiger partial charge < -0.3 is 9.64 Å². The molecule has 8 heteroatoms. The van der Waals surface area contributed by atoms with Crippen molar-refractivity contribution >= 4 is 23.5 Å². The first-order valence-electron chi connectivity index (χ1n) is 9.58. The van der Waals surface area contributed by atoms with Gasteiger partial charge >= 0.3 is 0 Å². The van der Waals surface area contributed by atoms with E-state index in [0.717, 1.165) is 31.6 Å². The van der Waals surface area contributed by atoms with E-state index in [1.54, 1.807) is 18.2 Å². The zero-order chi connectivity index (χ0) is 21.1. The molecule has 8 nitrogen and oxygen atoms in total. The van der Waals surface area contributed by atoms with E-state index in [9.17, 15) is 14.9 Å². The largest absolute Gasteiger partial charge is 0.484 e. The van der Waals surface area contributed by atoms with Crippen LogP contribution in [0.25, 0.3) is 0 Å². The molecule has 0 bridgehead atoms. The molecule has 1 amide bonds. The minimum atomic E-state index is -0.449. The van der Waals surface area contributed by atoms with E-state index in [2.05, 4.69) is 22.4 Å². The SMILES string of the molecule is CCCCN(CC)c1ccc([N+](=O)[O-])cc1/C=N/NC(=O)COc1ccccc1. The van der Waals surface area contributed by atoms with Crippen LogP contribution in [-0.4, -0.2) is 36.7 Å². The van der Waals surface area contributed by atoms with Crippen LogP contribution in [0, 0.1) is 10.1 Å². The summed E-state index contributed by atoms with van der Waals surface area (Å²) in [6.07, 6.45) is 3.48. The molecule has 0 spiro atoms. The average Bonchev–Trinajstić information content (AvgIpc) is 2.74. The number of carbonyl (C=O) groups excluding carboxylic acids is 1. The molecule has 0 heterocycles. The van der Waals surface area contributed by atoms with Crippen LogP contribution < -0.4 is 15.1 Å². The molecule has 0 saturated carbocycles. The molecule has 0 unspecified atom stereocenters. The summed E-state index contributed by atoms with van der Waals surface area (Å²) in [5.74, 6) is 0.164. The lowest BCUT2D eigenvalue weighted by atomic mass is 10.1. The van der Waals surface area contributed by atoms with E-state index in [-0.39, 0.29) is 12.3 Å². The summed E-state index contributed by atoms with van der Waals surface area (Å²) in [7, 11) is 0. The number of amides is 1. The number of nitro groups is 1. The molecule has 0 radical (unpaired) electrons. The second-order valence-corrected chi connectivity index (χ2v) is 6.33. The van der Waals surface area contributed by atoms with Gasteiger partial charge in [-0.25, -0.2) is 5.43 Å². The van der Waals surface area contributed by atoms with Crippen molar-refractivity contribution < 1.29 is 14.5 Å². The van der Waals surface area contributed by atoms with Crippen LogP contribution in [0.4, 0.5) is 11.4 Å². The van der Waals surface area contributed by atoms with Crippen molar-refractivity contribution in [2.45, 2.75) is 26.7 Å². The Morgan fingerprint density at radius 1 is 1.24 bits per heavy atom. The lowest BCUT2D eigenvalue weighted by molar-refractivity contribution is -0.384. The van der Waals surface area contributed by atoms with E-state index in [4.69, 9.17) is 4.74 Å². The van der Waals surface area contributed by atoms with Gasteiger partial charge in [0.1, 0.15) is 5.75 Å². The average molecular weight is 398 g/mol. The van der Waals surface area contributed by atoms with Gasteiger partial charge in [-0.1, -0.05) is 31.5 Å². The topological polar surface area (TPSA) is 97.1 Å². The molecular weight excluding hydrogens is 372 g/mol. The molecule has 0 atom stereocenters. The minimum Gasteiger partial charge on any atom is -0.484 e. The van der Waals surface area contributed by atoms with E-state index < -0.39 is 10.8 Å².